The predicted molar refractivity (Wildman–Crippen MR) is 78.7 cm³/mol. The van der Waals surface area contributed by atoms with Gasteiger partial charge in [-0.2, -0.15) is 0 Å². The zero-order valence-corrected chi connectivity index (χ0v) is 12.1. The van der Waals surface area contributed by atoms with E-state index in [1.54, 1.807) is 11.4 Å². The number of amides is 1. The highest BCUT2D eigenvalue weighted by Gasteiger charge is 2.15. The first-order valence-corrected chi connectivity index (χ1v) is 6.78. The molecule has 0 radical (unpaired) electrons. The Morgan fingerprint density at radius 3 is 2.82 bits per heavy atom. The summed E-state index contributed by atoms with van der Waals surface area (Å²) >= 11 is 1.14. The number of furan rings is 1. The third-order valence-electron chi connectivity index (χ3n) is 2.49. The van der Waals surface area contributed by atoms with Crippen molar-refractivity contribution in [3.05, 3.63) is 50.4 Å². The molecular weight excluding hydrogens is 312 g/mol. The second-order valence-electron chi connectivity index (χ2n) is 3.91. The highest BCUT2D eigenvalue weighted by Crippen LogP contribution is 2.23. The number of thiophene rings is 1. The Kier molecular flexibility index (Phi) is 4.69. The molecule has 0 aliphatic rings. The van der Waals surface area contributed by atoms with Gasteiger partial charge in [0.25, 0.3) is 0 Å². The molecule has 0 atom stereocenters. The van der Waals surface area contributed by atoms with Crippen LogP contribution >= 0.6 is 11.3 Å². The number of carbonyl (C=O) groups excluding carboxylic acids is 2. The number of nitro groups is 1. The quantitative estimate of drug-likeness (QED) is 0.392. The molecule has 0 aliphatic carbocycles. The third kappa shape index (κ3) is 3.58. The second kappa shape index (κ2) is 6.68. The van der Waals surface area contributed by atoms with Crippen LogP contribution in [0.25, 0.3) is 6.08 Å². The molecule has 0 saturated carbocycles. The molecule has 114 valence electrons. The molecule has 2 rings (SSSR count). The lowest BCUT2D eigenvalue weighted by Gasteiger charge is -2.02. The van der Waals surface area contributed by atoms with Crippen LogP contribution in [0.5, 0.6) is 0 Å². The molecule has 0 aromatic carbocycles. The van der Waals surface area contributed by atoms with Gasteiger partial charge >= 0.3 is 11.9 Å². The van der Waals surface area contributed by atoms with Gasteiger partial charge in [0.1, 0.15) is 15.6 Å². The highest BCUT2D eigenvalue weighted by atomic mass is 32.1. The smallest absolute Gasteiger partial charge is 0.433 e. The van der Waals surface area contributed by atoms with Crippen molar-refractivity contribution >= 4 is 40.9 Å². The van der Waals surface area contributed by atoms with Gasteiger partial charge in [-0.3, -0.25) is 14.9 Å². The summed E-state index contributed by atoms with van der Waals surface area (Å²) in [5.74, 6) is -1.30. The summed E-state index contributed by atoms with van der Waals surface area (Å²) in [5, 5.41) is 14.6. The van der Waals surface area contributed by atoms with Crippen LogP contribution in [0, 0.1) is 10.1 Å². The lowest BCUT2D eigenvalue weighted by atomic mass is 10.3. The first kappa shape index (κ1) is 15.4. The van der Waals surface area contributed by atoms with Gasteiger partial charge in [0.2, 0.25) is 5.91 Å². The van der Waals surface area contributed by atoms with Crippen molar-refractivity contribution in [1.82, 2.24) is 0 Å². The minimum atomic E-state index is -0.675. The Hall–Kier alpha value is -2.94. The fraction of sp³-hybridized carbons (Fsp3) is 0.0769. The van der Waals surface area contributed by atoms with E-state index < -0.39 is 22.7 Å². The maximum absolute atomic E-state index is 11.8. The van der Waals surface area contributed by atoms with Gasteiger partial charge in [0.05, 0.1) is 18.9 Å². The average molecular weight is 322 g/mol. The number of nitrogens with zero attached hydrogens (tertiary/aromatic N) is 1. The van der Waals surface area contributed by atoms with Crippen molar-refractivity contribution in [2.45, 2.75) is 0 Å². The standard InChI is InChI=1S/C13H10N2O6S/c1-20-13(17)12-9(6-7-22-12)14-10(16)4-2-8-3-5-11(21-8)15(18)19/h2-7H,1H3,(H,14,16). The van der Waals surface area contributed by atoms with Gasteiger partial charge < -0.3 is 14.5 Å². The summed E-state index contributed by atoms with van der Waals surface area (Å²) in [6.45, 7) is 0. The minimum absolute atomic E-state index is 0.167. The normalized spacial score (nSPS) is 10.6. The van der Waals surface area contributed by atoms with Crippen LogP contribution in [0.1, 0.15) is 15.4 Å². The van der Waals surface area contributed by atoms with E-state index in [2.05, 4.69) is 10.1 Å². The van der Waals surface area contributed by atoms with Gasteiger partial charge in [0, 0.05) is 6.08 Å². The number of ether oxygens (including phenoxy) is 1. The van der Waals surface area contributed by atoms with Gasteiger partial charge in [-0.25, -0.2) is 4.79 Å². The molecule has 9 heteroatoms. The molecule has 2 aromatic heterocycles. The number of methoxy groups -OCH3 is 1. The van der Waals surface area contributed by atoms with Crippen molar-refractivity contribution in [3.63, 3.8) is 0 Å². The van der Waals surface area contributed by atoms with E-state index >= 15 is 0 Å². The van der Waals surface area contributed by atoms with E-state index in [1.165, 1.54) is 25.3 Å². The first-order chi connectivity index (χ1) is 10.5. The predicted octanol–water partition coefficient (Wildman–Crippen LogP) is 2.69. The summed E-state index contributed by atoms with van der Waals surface area (Å²) in [6.07, 6.45) is 2.42. The second-order valence-corrected chi connectivity index (χ2v) is 4.83. The van der Waals surface area contributed by atoms with E-state index in [-0.39, 0.29) is 10.6 Å². The summed E-state index contributed by atoms with van der Waals surface area (Å²) in [7, 11) is 1.25. The minimum Gasteiger partial charge on any atom is -0.465 e. The van der Waals surface area contributed by atoms with E-state index in [4.69, 9.17) is 4.42 Å². The average Bonchev–Trinajstić information content (AvgIpc) is 3.13. The number of carbonyl (C=O) groups is 2. The number of hydrogen-bond donors (Lipinski definition) is 1. The molecule has 0 saturated heterocycles. The highest BCUT2D eigenvalue weighted by molar-refractivity contribution is 7.12. The van der Waals surface area contributed by atoms with Crippen molar-refractivity contribution in [2.75, 3.05) is 12.4 Å². The van der Waals surface area contributed by atoms with Crippen molar-refractivity contribution < 1.29 is 23.7 Å². The molecule has 22 heavy (non-hydrogen) atoms. The molecule has 0 bridgehead atoms. The fourth-order valence-corrected chi connectivity index (χ4v) is 2.29. The van der Waals surface area contributed by atoms with Crippen LogP contribution < -0.4 is 5.32 Å². The van der Waals surface area contributed by atoms with Crippen LogP contribution in [-0.2, 0) is 9.53 Å². The largest absolute Gasteiger partial charge is 0.465 e. The third-order valence-corrected chi connectivity index (χ3v) is 3.38. The molecule has 2 aromatic rings. The van der Waals surface area contributed by atoms with Gasteiger partial charge in [-0.05, 0) is 23.6 Å². The maximum atomic E-state index is 11.8. The Bertz CT molecular complexity index is 745. The molecule has 2 heterocycles. The Morgan fingerprint density at radius 1 is 1.41 bits per heavy atom. The van der Waals surface area contributed by atoms with Crippen molar-refractivity contribution in [3.8, 4) is 0 Å². The molecule has 0 unspecified atom stereocenters. The van der Waals surface area contributed by atoms with Crippen LogP contribution in [0.15, 0.2) is 34.1 Å². The number of nitrogens with one attached hydrogen (secondary N) is 1. The first-order valence-electron chi connectivity index (χ1n) is 5.90. The van der Waals surface area contributed by atoms with Gasteiger partial charge in [0.15, 0.2) is 0 Å². The summed E-state index contributed by atoms with van der Waals surface area (Å²) in [5.41, 5.74) is 0.330. The SMILES string of the molecule is COC(=O)c1sccc1NC(=O)C=Cc1ccc([N+](=O)[O-])o1. The zero-order chi connectivity index (χ0) is 16.1. The fourth-order valence-electron chi connectivity index (χ4n) is 1.52. The molecule has 1 N–H and O–H groups in total. The zero-order valence-electron chi connectivity index (χ0n) is 11.3. The van der Waals surface area contributed by atoms with Crippen LogP contribution in [-0.4, -0.2) is 23.9 Å². The topological polar surface area (TPSA) is 112 Å². The molecule has 0 spiro atoms. The molecule has 1 amide bonds. The number of anilines is 1. The van der Waals surface area contributed by atoms with Crippen LogP contribution in [0.4, 0.5) is 11.6 Å². The van der Waals surface area contributed by atoms with Crippen LogP contribution in [0.2, 0.25) is 0 Å². The van der Waals surface area contributed by atoms with Crippen LogP contribution in [0.3, 0.4) is 0 Å². The number of esters is 1. The lowest BCUT2D eigenvalue weighted by molar-refractivity contribution is -0.402. The van der Waals surface area contributed by atoms with E-state index in [1.807, 2.05) is 0 Å². The van der Waals surface area contributed by atoms with Crippen molar-refractivity contribution in [1.29, 1.82) is 0 Å². The maximum Gasteiger partial charge on any atom is 0.433 e. The number of hydrogen-bond acceptors (Lipinski definition) is 7. The monoisotopic (exact) mass is 322 g/mol. The summed E-state index contributed by atoms with van der Waals surface area (Å²) in [4.78, 5) is 33.3. The number of rotatable bonds is 5. The van der Waals surface area contributed by atoms with Crippen molar-refractivity contribution in [2.24, 2.45) is 0 Å². The Morgan fingerprint density at radius 2 is 2.18 bits per heavy atom. The van der Waals surface area contributed by atoms with Gasteiger partial charge in [-0.1, -0.05) is 0 Å². The Balaban J connectivity index is 2.03. The summed E-state index contributed by atoms with van der Waals surface area (Å²) < 4.78 is 9.47. The molecule has 8 nitrogen and oxygen atoms in total. The summed E-state index contributed by atoms with van der Waals surface area (Å²) in [6, 6.07) is 4.12. The Labute approximate surface area is 128 Å². The molecule has 0 fully saturated rings. The molecular formula is C13H10N2O6S. The van der Waals surface area contributed by atoms with E-state index in [0.29, 0.717) is 5.69 Å². The van der Waals surface area contributed by atoms with E-state index in [0.717, 1.165) is 17.4 Å². The lowest BCUT2D eigenvalue weighted by Crippen LogP contribution is -2.10. The van der Waals surface area contributed by atoms with E-state index in [9.17, 15) is 19.7 Å². The van der Waals surface area contributed by atoms with Gasteiger partial charge in [-0.15, -0.1) is 11.3 Å². The molecule has 0 aliphatic heterocycles.